The van der Waals surface area contributed by atoms with E-state index in [0.29, 0.717) is 13.2 Å². The van der Waals surface area contributed by atoms with Crippen LogP contribution in [-0.2, 0) is 4.74 Å². The fourth-order valence-electron chi connectivity index (χ4n) is 1.93. The lowest BCUT2D eigenvalue weighted by atomic mass is 9.86. The maximum absolute atomic E-state index is 9.37. The molecule has 4 heteroatoms. The summed E-state index contributed by atoms with van der Waals surface area (Å²) >= 11 is 3.46. The Morgan fingerprint density at radius 3 is 2.75 bits per heavy atom. The molecule has 0 spiro atoms. The van der Waals surface area contributed by atoms with Gasteiger partial charge in [0.2, 0.25) is 0 Å². The lowest BCUT2D eigenvalue weighted by Gasteiger charge is -2.42. The molecule has 1 aromatic carbocycles. The van der Waals surface area contributed by atoms with E-state index in [4.69, 9.17) is 4.74 Å². The van der Waals surface area contributed by atoms with E-state index in [1.54, 1.807) is 0 Å². The van der Waals surface area contributed by atoms with Crippen LogP contribution >= 0.6 is 15.9 Å². The monoisotopic (exact) mass is 285 g/mol. The minimum atomic E-state index is -0.0724. The molecule has 2 rings (SSSR count). The van der Waals surface area contributed by atoms with E-state index in [0.717, 1.165) is 16.7 Å². The van der Waals surface area contributed by atoms with E-state index in [-0.39, 0.29) is 12.0 Å². The molecule has 0 aromatic heterocycles. The number of nitrogens with zero attached hydrogens (tertiary/aromatic N) is 1. The van der Waals surface area contributed by atoms with Crippen molar-refractivity contribution in [2.24, 2.45) is 5.41 Å². The second-order valence-electron chi connectivity index (χ2n) is 4.49. The van der Waals surface area contributed by atoms with Crippen LogP contribution in [0.2, 0.25) is 0 Å². The summed E-state index contributed by atoms with van der Waals surface area (Å²) in [5.41, 5.74) is 1.07. The highest BCUT2D eigenvalue weighted by atomic mass is 79.9. The van der Waals surface area contributed by atoms with Gasteiger partial charge in [-0.05, 0) is 18.2 Å². The van der Waals surface area contributed by atoms with E-state index in [1.165, 1.54) is 0 Å². The molecule has 0 radical (unpaired) electrons. The molecular formula is C12H16BrNO2. The van der Waals surface area contributed by atoms with Gasteiger partial charge in [0.05, 0.1) is 25.2 Å². The molecule has 0 bridgehead atoms. The van der Waals surface area contributed by atoms with Gasteiger partial charge in [0.1, 0.15) is 0 Å². The molecular weight excluding hydrogens is 270 g/mol. The van der Waals surface area contributed by atoms with Crippen LogP contribution in [0.5, 0.6) is 0 Å². The predicted molar refractivity (Wildman–Crippen MR) is 67.7 cm³/mol. The van der Waals surface area contributed by atoms with Crippen LogP contribution in [0, 0.1) is 5.41 Å². The summed E-state index contributed by atoms with van der Waals surface area (Å²) in [5.74, 6) is 0. The summed E-state index contributed by atoms with van der Waals surface area (Å²) in [7, 11) is 2.04. The number of hydrogen-bond donors (Lipinski definition) is 1. The fraction of sp³-hybridized carbons (Fsp3) is 0.500. The number of anilines is 1. The zero-order valence-corrected chi connectivity index (χ0v) is 10.9. The van der Waals surface area contributed by atoms with Gasteiger partial charge < -0.3 is 14.7 Å². The van der Waals surface area contributed by atoms with Crippen molar-refractivity contribution in [1.29, 1.82) is 0 Å². The van der Waals surface area contributed by atoms with Crippen molar-refractivity contribution in [1.82, 2.24) is 0 Å². The number of aliphatic hydroxyl groups is 1. The Bertz CT molecular complexity index is 360. The second kappa shape index (κ2) is 4.73. The third-order valence-corrected chi connectivity index (χ3v) is 3.47. The third kappa shape index (κ3) is 2.39. The molecule has 1 fully saturated rings. The molecule has 88 valence electrons. The minimum absolute atomic E-state index is 0.0724. The van der Waals surface area contributed by atoms with Crippen molar-refractivity contribution in [2.75, 3.05) is 38.3 Å². The summed E-state index contributed by atoms with van der Waals surface area (Å²) in [6.45, 7) is 2.31. The van der Waals surface area contributed by atoms with Crippen LogP contribution in [0.15, 0.2) is 28.7 Å². The average Bonchev–Trinajstić information content (AvgIpc) is 2.23. The molecule has 1 heterocycles. The first-order valence-electron chi connectivity index (χ1n) is 5.31. The molecule has 3 nitrogen and oxygen atoms in total. The van der Waals surface area contributed by atoms with Crippen LogP contribution in [0.3, 0.4) is 0 Å². The highest BCUT2D eigenvalue weighted by Crippen LogP contribution is 2.30. The average molecular weight is 286 g/mol. The first kappa shape index (κ1) is 11.9. The summed E-state index contributed by atoms with van der Waals surface area (Å²) in [6, 6.07) is 8.16. The number of benzene rings is 1. The van der Waals surface area contributed by atoms with Gasteiger partial charge >= 0.3 is 0 Å². The van der Waals surface area contributed by atoms with E-state index < -0.39 is 0 Å². The van der Waals surface area contributed by atoms with Gasteiger partial charge in [-0.2, -0.15) is 0 Å². The summed E-state index contributed by atoms with van der Waals surface area (Å²) in [4.78, 5) is 2.16. The van der Waals surface area contributed by atoms with Crippen LogP contribution in [0.4, 0.5) is 5.69 Å². The lowest BCUT2D eigenvalue weighted by molar-refractivity contribution is -0.130. The first-order chi connectivity index (χ1) is 7.65. The van der Waals surface area contributed by atoms with E-state index in [2.05, 4.69) is 33.0 Å². The molecule has 1 aliphatic rings. The second-order valence-corrected chi connectivity index (χ2v) is 5.40. The van der Waals surface area contributed by atoms with Crippen molar-refractivity contribution in [3.05, 3.63) is 28.7 Å². The quantitative estimate of drug-likeness (QED) is 0.917. The summed E-state index contributed by atoms with van der Waals surface area (Å²) in [5, 5.41) is 9.37. The standard InChI is InChI=1S/C12H16BrNO2/c1-14(6-12(7-15)8-16-9-12)11-4-2-3-10(13)5-11/h2-5,15H,6-9H2,1H3. The smallest absolute Gasteiger partial charge is 0.0584 e. The normalized spacial score (nSPS) is 17.9. The summed E-state index contributed by atoms with van der Waals surface area (Å²) < 4.78 is 6.26. The molecule has 0 atom stereocenters. The molecule has 1 N–H and O–H groups in total. The molecule has 0 saturated carbocycles. The Morgan fingerprint density at radius 1 is 1.50 bits per heavy atom. The van der Waals surface area contributed by atoms with Gasteiger partial charge in [0, 0.05) is 23.8 Å². The lowest BCUT2D eigenvalue weighted by Crippen LogP contribution is -2.52. The van der Waals surface area contributed by atoms with Gasteiger partial charge in [0.15, 0.2) is 0 Å². The highest BCUT2D eigenvalue weighted by Gasteiger charge is 2.39. The number of ether oxygens (including phenoxy) is 1. The fourth-order valence-corrected chi connectivity index (χ4v) is 2.32. The largest absolute Gasteiger partial charge is 0.396 e. The van der Waals surface area contributed by atoms with Gasteiger partial charge in [-0.15, -0.1) is 0 Å². The Morgan fingerprint density at radius 2 is 2.25 bits per heavy atom. The van der Waals surface area contributed by atoms with Crippen molar-refractivity contribution in [3.8, 4) is 0 Å². The van der Waals surface area contributed by atoms with Gasteiger partial charge in [0.25, 0.3) is 0 Å². The number of hydrogen-bond acceptors (Lipinski definition) is 3. The SMILES string of the molecule is CN(CC1(CO)COC1)c1cccc(Br)c1. The van der Waals surface area contributed by atoms with E-state index in [1.807, 2.05) is 19.2 Å². The van der Waals surface area contributed by atoms with Crippen molar-refractivity contribution in [3.63, 3.8) is 0 Å². The zero-order valence-electron chi connectivity index (χ0n) is 9.32. The van der Waals surface area contributed by atoms with Crippen LogP contribution < -0.4 is 4.90 Å². The van der Waals surface area contributed by atoms with Gasteiger partial charge in [-0.1, -0.05) is 22.0 Å². The molecule has 0 amide bonds. The molecule has 16 heavy (non-hydrogen) atoms. The highest BCUT2D eigenvalue weighted by molar-refractivity contribution is 9.10. The molecule has 1 aliphatic heterocycles. The molecule has 1 aromatic rings. The number of rotatable bonds is 4. The van der Waals surface area contributed by atoms with Crippen molar-refractivity contribution in [2.45, 2.75) is 0 Å². The number of halogens is 1. The Hall–Kier alpha value is -0.580. The Labute approximate surface area is 104 Å². The van der Waals surface area contributed by atoms with Crippen molar-refractivity contribution < 1.29 is 9.84 Å². The Balaban J connectivity index is 2.05. The zero-order chi connectivity index (χ0) is 11.6. The predicted octanol–water partition coefficient (Wildman–Crippen LogP) is 1.89. The summed E-state index contributed by atoms with van der Waals surface area (Å²) in [6.07, 6.45) is 0. The maximum Gasteiger partial charge on any atom is 0.0584 e. The maximum atomic E-state index is 9.37. The third-order valence-electron chi connectivity index (χ3n) is 2.97. The minimum Gasteiger partial charge on any atom is -0.396 e. The molecule has 0 unspecified atom stereocenters. The van der Waals surface area contributed by atoms with Gasteiger partial charge in [-0.25, -0.2) is 0 Å². The molecule has 1 saturated heterocycles. The number of aliphatic hydroxyl groups excluding tert-OH is 1. The van der Waals surface area contributed by atoms with Crippen LogP contribution in [-0.4, -0.2) is 38.5 Å². The molecule has 0 aliphatic carbocycles. The van der Waals surface area contributed by atoms with Crippen molar-refractivity contribution >= 4 is 21.6 Å². The van der Waals surface area contributed by atoms with Crippen LogP contribution in [0.25, 0.3) is 0 Å². The first-order valence-corrected chi connectivity index (χ1v) is 6.10. The van der Waals surface area contributed by atoms with Gasteiger partial charge in [-0.3, -0.25) is 0 Å². The van der Waals surface area contributed by atoms with E-state index in [9.17, 15) is 5.11 Å². The van der Waals surface area contributed by atoms with Crippen LogP contribution in [0.1, 0.15) is 0 Å². The van der Waals surface area contributed by atoms with E-state index >= 15 is 0 Å². The Kier molecular flexibility index (Phi) is 3.52. The topological polar surface area (TPSA) is 32.7 Å².